The van der Waals surface area contributed by atoms with Crippen LogP contribution in [0.15, 0.2) is 28.7 Å². The molecular weight excluding hydrogens is 344 g/mol. The molecule has 0 aromatic heterocycles. The number of benzene rings is 1. The summed E-state index contributed by atoms with van der Waals surface area (Å²) in [5, 5.41) is 0. The van der Waals surface area contributed by atoms with Gasteiger partial charge in [-0.15, -0.1) is 0 Å². The predicted octanol–water partition coefficient (Wildman–Crippen LogP) is 0.923. The Labute approximate surface area is 127 Å². The maximum Gasteiger partial charge on any atom is 0.237 e. The number of rotatable bonds is 4. The molecule has 0 spiro atoms. The minimum atomic E-state index is -3.45. The standard InChI is InChI=1S/C13H17BrN2O3S/c14-11-3-1-10(2-4-11)8-20(18,19)9-13(17)16-6-5-12(15)7-16/h1-4,12H,5-9,15H2/t12-/m0/s1. The van der Waals surface area contributed by atoms with Gasteiger partial charge in [-0.2, -0.15) is 0 Å². The third kappa shape index (κ3) is 4.29. The lowest BCUT2D eigenvalue weighted by atomic mass is 10.2. The Balaban J connectivity index is 1.97. The Morgan fingerprint density at radius 1 is 1.35 bits per heavy atom. The quantitative estimate of drug-likeness (QED) is 0.865. The van der Waals surface area contributed by atoms with Crippen LogP contribution in [-0.2, 0) is 20.4 Å². The molecule has 1 amide bonds. The minimum absolute atomic E-state index is 0.0341. The summed E-state index contributed by atoms with van der Waals surface area (Å²) in [6, 6.07) is 7.00. The third-order valence-corrected chi connectivity index (χ3v) is 5.21. The van der Waals surface area contributed by atoms with Gasteiger partial charge in [0.25, 0.3) is 0 Å². The molecule has 0 radical (unpaired) electrons. The Bertz CT molecular complexity index is 586. The molecule has 1 aliphatic rings. The molecule has 20 heavy (non-hydrogen) atoms. The molecule has 1 fully saturated rings. The summed E-state index contributed by atoms with van der Waals surface area (Å²) < 4.78 is 25.0. The number of carbonyl (C=O) groups excluding carboxylic acids is 1. The second-order valence-electron chi connectivity index (χ2n) is 5.05. The molecule has 0 aliphatic carbocycles. The number of nitrogens with two attached hydrogens (primary N) is 1. The van der Waals surface area contributed by atoms with Crippen molar-refractivity contribution < 1.29 is 13.2 Å². The van der Waals surface area contributed by atoms with Gasteiger partial charge in [0.15, 0.2) is 9.84 Å². The predicted molar refractivity (Wildman–Crippen MR) is 80.8 cm³/mol. The Morgan fingerprint density at radius 3 is 2.55 bits per heavy atom. The van der Waals surface area contributed by atoms with E-state index >= 15 is 0 Å². The molecule has 1 atom stereocenters. The first-order valence-electron chi connectivity index (χ1n) is 6.34. The lowest BCUT2D eigenvalue weighted by molar-refractivity contribution is -0.127. The van der Waals surface area contributed by atoms with E-state index in [0.717, 1.165) is 10.9 Å². The molecule has 110 valence electrons. The molecule has 1 aromatic rings. The van der Waals surface area contributed by atoms with Crippen molar-refractivity contribution in [2.45, 2.75) is 18.2 Å². The van der Waals surface area contributed by atoms with Gasteiger partial charge in [0.1, 0.15) is 5.75 Å². The van der Waals surface area contributed by atoms with Gasteiger partial charge >= 0.3 is 0 Å². The fourth-order valence-electron chi connectivity index (χ4n) is 2.18. The number of hydrogen-bond donors (Lipinski definition) is 1. The number of halogens is 1. The largest absolute Gasteiger partial charge is 0.340 e. The lowest BCUT2D eigenvalue weighted by Gasteiger charge is -2.15. The molecule has 0 saturated carbocycles. The normalized spacial score (nSPS) is 19.3. The van der Waals surface area contributed by atoms with Crippen molar-refractivity contribution in [3.8, 4) is 0 Å². The van der Waals surface area contributed by atoms with Crippen LogP contribution in [0.25, 0.3) is 0 Å². The van der Waals surface area contributed by atoms with Gasteiger partial charge in [-0.1, -0.05) is 28.1 Å². The molecule has 1 aliphatic heterocycles. The molecule has 2 rings (SSSR count). The lowest BCUT2D eigenvalue weighted by Crippen LogP contribution is -2.36. The SMILES string of the molecule is N[C@H]1CCN(C(=O)CS(=O)(=O)Cc2ccc(Br)cc2)C1. The maximum absolute atomic E-state index is 12.0. The number of nitrogens with zero attached hydrogens (tertiary/aromatic N) is 1. The Hall–Kier alpha value is -0.920. The highest BCUT2D eigenvalue weighted by Gasteiger charge is 2.27. The van der Waals surface area contributed by atoms with E-state index in [9.17, 15) is 13.2 Å². The van der Waals surface area contributed by atoms with Crippen molar-refractivity contribution in [2.24, 2.45) is 5.73 Å². The van der Waals surface area contributed by atoms with E-state index in [1.165, 1.54) is 4.90 Å². The van der Waals surface area contributed by atoms with Crippen LogP contribution in [-0.4, -0.2) is 44.1 Å². The molecule has 0 unspecified atom stereocenters. The van der Waals surface area contributed by atoms with E-state index < -0.39 is 15.6 Å². The van der Waals surface area contributed by atoms with Gasteiger partial charge in [0.05, 0.1) is 5.75 Å². The van der Waals surface area contributed by atoms with E-state index in [0.29, 0.717) is 18.7 Å². The zero-order chi connectivity index (χ0) is 14.8. The van der Waals surface area contributed by atoms with Crippen molar-refractivity contribution >= 4 is 31.7 Å². The minimum Gasteiger partial charge on any atom is -0.340 e. The summed E-state index contributed by atoms with van der Waals surface area (Å²) in [6.45, 7) is 1.00. The van der Waals surface area contributed by atoms with Crippen LogP contribution in [0.3, 0.4) is 0 Å². The van der Waals surface area contributed by atoms with E-state index in [1.807, 2.05) is 0 Å². The molecule has 1 heterocycles. The molecule has 0 bridgehead atoms. The third-order valence-electron chi connectivity index (χ3n) is 3.22. The average Bonchev–Trinajstić information content (AvgIpc) is 2.78. The average molecular weight is 361 g/mol. The highest BCUT2D eigenvalue weighted by Crippen LogP contribution is 2.14. The monoisotopic (exact) mass is 360 g/mol. The summed E-state index contributed by atoms with van der Waals surface area (Å²) in [5.74, 6) is -0.920. The van der Waals surface area contributed by atoms with Gasteiger partial charge in [-0.25, -0.2) is 8.42 Å². The van der Waals surface area contributed by atoms with Crippen LogP contribution in [0.2, 0.25) is 0 Å². The zero-order valence-corrected chi connectivity index (χ0v) is 13.4. The van der Waals surface area contributed by atoms with Crippen molar-refractivity contribution in [1.82, 2.24) is 4.90 Å². The van der Waals surface area contributed by atoms with Crippen LogP contribution in [0, 0.1) is 0 Å². The highest BCUT2D eigenvalue weighted by molar-refractivity contribution is 9.10. The molecule has 1 aromatic carbocycles. The molecule has 2 N–H and O–H groups in total. The Kier molecular flexibility index (Phi) is 4.82. The Morgan fingerprint density at radius 2 is 2.00 bits per heavy atom. The summed E-state index contributed by atoms with van der Waals surface area (Å²) in [5.41, 5.74) is 6.40. The second-order valence-corrected chi connectivity index (χ2v) is 8.03. The summed E-state index contributed by atoms with van der Waals surface area (Å²) in [6.07, 6.45) is 0.735. The second kappa shape index (κ2) is 6.24. The van der Waals surface area contributed by atoms with Gasteiger partial charge in [-0.05, 0) is 24.1 Å². The van der Waals surface area contributed by atoms with Gasteiger partial charge in [0.2, 0.25) is 5.91 Å². The van der Waals surface area contributed by atoms with E-state index in [4.69, 9.17) is 5.73 Å². The molecular formula is C13H17BrN2O3S. The van der Waals surface area contributed by atoms with E-state index in [1.54, 1.807) is 24.3 Å². The first-order valence-corrected chi connectivity index (χ1v) is 8.95. The fraction of sp³-hybridized carbons (Fsp3) is 0.462. The fourth-order valence-corrected chi connectivity index (χ4v) is 3.80. The van der Waals surface area contributed by atoms with E-state index in [-0.39, 0.29) is 17.7 Å². The van der Waals surface area contributed by atoms with Crippen molar-refractivity contribution in [3.63, 3.8) is 0 Å². The van der Waals surface area contributed by atoms with Crippen molar-refractivity contribution in [2.75, 3.05) is 18.8 Å². The number of likely N-dealkylation sites (tertiary alicyclic amines) is 1. The van der Waals surface area contributed by atoms with Gasteiger partial charge < -0.3 is 10.6 Å². The zero-order valence-electron chi connectivity index (χ0n) is 11.0. The van der Waals surface area contributed by atoms with Crippen molar-refractivity contribution in [1.29, 1.82) is 0 Å². The number of sulfone groups is 1. The van der Waals surface area contributed by atoms with E-state index in [2.05, 4.69) is 15.9 Å². The van der Waals surface area contributed by atoms with Crippen molar-refractivity contribution in [3.05, 3.63) is 34.3 Å². The number of hydrogen-bond acceptors (Lipinski definition) is 4. The van der Waals surface area contributed by atoms with Gasteiger partial charge in [-0.3, -0.25) is 4.79 Å². The number of amides is 1. The smallest absolute Gasteiger partial charge is 0.237 e. The summed E-state index contributed by atoms with van der Waals surface area (Å²) >= 11 is 3.29. The van der Waals surface area contributed by atoms with Gasteiger partial charge in [0, 0.05) is 23.6 Å². The first-order chi connectivity index (χ1) is 9.35. The van der Waals surface area contributed by atoms with Crippen LogP contribution < -0.4 is 5.73 Å². The topological polar surface area (TPSA) is 80.5 Å². The first kappa shape index (κ1) is 15.5. The van der Waals surface area contributed by atoms with Crippen LogP contribution in [0.4, 0.5) is 0 Å². The molecule has 1 saturated heterocycles. The summed E-state index contributed by atoms with van der Waals surface area (Å²) in [7, 11) is -3.45. The molecule has 5 nitrogen and oxygen atoms in total. The molecule has 7 heteroatoms. The van der Waals surface area contributed by atoms with Crippen LogP contribution in [0.5, 0.6) is 0 Å². The summed E-state index contributed by atoms with van der Waals surface area (Å²) in [4.78, 5) is 13.5. The highest BCUT2D eigenvalue weighted by atomic mass is 79.9. The van der Waals surface area contributed by atoms with Crippen LogP contribution >= 0.6 is 15.9 Å². The van der Waals surface area contributed by atoms with Crippen LogP contribution in [0.1, 0.15) is 12.0 Å². The maximum atomic E-state index is 12.0. The number of carbonyl (C=O) groups is 1.